The summed E-state index contributed by atoms with van der Waals surface area (Å²) < 4.78 is 16.1. The SMILES string of the molecule is O=C(COCC(=O)OCC(=O)c1ccc(Br)cc1)OCC(=O)c1ccc(Br)cc1. The molecule has 0 aliphatic carbocycles. The Morgan fingerprint density at radius 3 is 1.28 bits per heavy atom. The molecule has 0 radical (unpaired) electrons. The molecule has 2 aromatic carbocycles. The highest BCUT2D eigenvalue weighted by Crippen LogP contribution is 2.12. The van der Waals surface area contributed by atoms with Gasteiger partial charge in [0.1, 0.15) is 13.2 Å². The molecule has 0 saturated carbocycles. The van der Waals surface area contributed by atoms with Crippen LogP contribution in [-0.2, 0) is 23.8 Å². The van der Waals surface area contributed by atoms with E-state index < -0.39 is 38.4 Å². The lowest BCUT2D eigenvalue weighted by Crippen LogP contribution is -2.22. The van der Waals surface area contributed by atoms with Crippen LogP contribution in [0.15, 0.2) is 57.5 Å². The quantitative estimate of drug-likeness (QED) is 0.345. The number of ether oxygens (including phenoxy) is 3. The minimum Gasteiger partial charge on any atom is -0.456 e. The third kappa shape index (κ3) is 8.26. The van der Waals surface area contributed by atoms with Gasteiger partial charge in [-0.2, -0.15) is 0 Å². The minimum absolute atomic E-state index is 0.364. The summed E-state index contributed by atoms with van der Waals surface area (Å²) >= 11 is 6.52. The molecular formula is C20H16Br2O7. The highest BCUT2D eigenvalue weighted by molar-refractivity contribution is 9.10. The summed E-state index contributed by atoms with van der Waals surface area (Å²) in [6.45, 7) is -1.92. The Labute approximate surface area is 183 Å². The third-order valence-corrected chi connectivity index (χ3v) is 4.56. The molecule has 0 heterocycles. The fourth-order valence-electron chi connectivity index (χ4n) is 2.03. The van der Waals surface area contributed by atoms with Gasteiger partial charge in [-0.05, 0) is 24.3 Å². The zero-order valence-corrected chi connectivity index (χ0v) is 18.2. The van der Waals surface area contributed by atoms with E-state index in [4.69, 9.17) is 14.2 Å². The number of esters is 2. The topological polar surface area (TPSA) is 96.0 Å². The van der Waals surface area contributed by atoms with Gasteiger partial charge in [-0.1, -0.05) is 56.1 Å². The molecule has 0 aromatic heterocycles. The van der Waals surface area contributed by atoms with Crippen LogP contribution in [0.4, 0.5) is 0 Å². The Morgan fingerprint density at radius 2 is 0.931 bits per heavy atom. The highest BCUT2D eigenvalue weighted by atomic mass is 79.9. The fraction of sp³-hybridized carbons (Fsp3) is 0.200. The molecule has 2 aromatic rings. The maximum atomic E-state index is 11.9. The summed E-state index contributed by atoms with van der Waals surface area (Å²) in [4.78, 5) is 46.9. The van der Waals surface area contributed by atoms with Gasteiger partial charge >= 0.3 is 11.9 Å². The van der Waals surface area contributed by atoms with Gasteiger partial charge in [0.25, 0.3) is 0 Å². The van der Waals surface area contributed by atoms with Crippen LogP contribution in [0.1, 0.15) is 20.7 Å². The standard InChI is InChI=1S/C20H16Br2O7/c21-15-5-1-13(2-6-15)17(23)9-28-19(25)11-27-12-20(26)29-10-18(24)14-3-7-16(22)8-4-14/h1-8H,9-12H2. The fourth-order valence-corrected chi connectivity index (χ4v) is 2.56. The average molecular weight is 528 g/mol. The molecule has 0 fully saturated rings. The van der Waals surface area contributed by atoms with Crippen molar-refractivity contribution in [1.29, 1.82) is 0 Å². The number of benzene rings is 2. The first-order valence-corrected chi connectivity index (χ1v) is 9.90. The largest absolute Gasteiger partial charge is 0.456 e. The van der Waals surface area contributed by atoms with Crippen molar-refractivity contribution in [3.63, 3.8) is 0 Å². The Bertz CT molecular complexity index is 803. The number of Topliss-reactive ketones (excluding diaryl/α,β-unsaturated/α-hetero) is 2. The maximum absolute atomic E-state index is 11.9. The first kappa shape index (κ1) is 22.9. The number of carbonyl (C=O) groups excluding carboxylic acids is 4. The molecule has 0 aliphatic rings. The van der Waals surface area contributed by atoms with Crippen LogP contribution in [0.5, 0.6) is 0 Å². The normalized spacial score (nSPS) is 10.3. The summed E-state index contributed by atoms with van der Waals surface area (Å²) in [6.07, 6.45) is 0. The summed E-state index contributed by atoms with van der Waals surface area (Å²) in [6, 6.07) is 13.2. The van der Waals surface area contributed by atoms with E-state index >= 15 is 0 Å². The second kappa shape index (κ2) is 11.6. The Kier molecular flexibility index (Phi) is 9.17. The lowest BCUT2D eigenvalue weighted by molar-refractivity contribution is -0.154. The van der Waals surface area contributed by atoms with Gasteiger partial charge in [0.2, 0.25) is 0 Å². The van der Waals surface area contributed by atoms with Crippen molar-refractivity contribution in [2.24, 2.45) is 0 Å². The van der Waals surface area contributed by atoms with E-state index in [2.05, 4.69) is 31.9 Å². The van der Waals surface area contributed by atoms with Gasteiger partial charge in [-0.25, -0.2) is 9.59 Å². The lowest BCUT2D eigenvalue weighted by atomic mass is 10.1. The van der Waals surface area contributed by atoms with Crippen LogP contribution in [0.25, 0.3) is 0 Å². The predicted molar refractivity (Wildman–Crippen MR) is 110 cm³/mol. The van der Waals surface area contributed by atoms with Crippen LogP contribution in [0, 0.1) is 0 Å². The molecule has 0 spiro atoms. The maximum Gasteiger partial charge on any atom is 0.332 e. The minimum atomic E-state index is -0.797. The Hall–Kier alpha value is -2.36. The Morgan fingerprint density at radius 1 is 0.586 bits per heavy atom. The monoisotopic (exact) mass is 526 g/mol. The van der Waals surface area contributed by atoms with Crippen LogP contribution < -0.4 is 0 Å². The second-order valence-corrected chi connectivity index (χ2v) is 7.51. The summed E-state index contributed by atoms with van der Waals surface area (Å²) in [7, 11) is 0. The van der Waals surface area contributed by atoms with Gasteiger partial charge in [-0.3, -0.25) is 9.59 Å². The summed E-state index contributed by atoms with van der Waals surface area (Å²) in [5, 5.41) is 0. The third-order valence-electron chi connectivity index (χ3n) is 3.50. The number of carbonyl (C=O) groups is 4. The second-order valence-electron chi connectivity index (χ2n) is 5.67. The molecule has 0 aliphatic heterocycles. The number of hydrogen-bond donors (Lipinski definition) is 0. The van der Waals surface area contributed by atoms with E-state index in [0.29, 0.717) is 11.1 Å². The molecule has 152 valence electrons. The van der Waals surface area contributed by atoms with Crippen molar-refractivity contribution in [2.45, 2.75) is 0 Å². The first-order valence-electron chi connectivity index (χ1n) is 8.31. The number of hydrogen-bond acceptors (Lipinski definition) is 7. The molecule has 0 unspecified atom stereocenters. The molecule has 9 heteroatoms. The molecule has 7 nitrogen and oxygen atoms in total. The van der Waals surface area contributed by atoms with Crippen molar-refractivity contribution < 1.29 is 33.4 Å². The molecule has 0 amide bonds. The van der Waals surface area contributed by atoms with Crippen LogP contribution >= 0.6 is 31.9 Å². The molecule has 2 rings (SSSR count). The van der Waals surface area contributed by atoms with Gasteiger partial charge in [0.15, 0.2) is 24.8 Å². The van der Waals surface area contributed by atoms with Crippen molar-refractivity contribution >= 4 is 55.4 Å². The Balaban J connectivity index is 1.62. The van der Waals surface area contributed by atoms with Crippen molar-refractivity contribution in [3.8, 4) is 0 Å². The van der Waals surface area contributed by atoms with Crippen LogP contribution in [0.2, 0.25) is 0 Å². The van der Waals surface area contributed by atoms with Gasteiger partial charge < -0.3 is 14.2 Å². The van der Waals surface area contributed by atoms with Gasteiger partial charge in [0.05, 0.1) is 0 Å². The van der Waals surface area contributed by atoms with Gasteiger partial charge in [0, 0.05) is 20.1 Å². The molecule has 0 bridgehead atoms. The zero-order chi connectivity index (χ0) is 21.2. The van der Waals surface area contributed by atoms with Crippen LogP contribution in [0.3, 0.4) is 0 Å². The zero-order valence-electron chi connectivity index (χ0n) is 15.1. The summed E-state index contributed by atoms with van der Waals surface area (Å²) in [5.74, 6) is -2.32. The number of ketones is 2. The first-order chi connectivity index (χ1) is 13.8. The van der Waals surface area contributed by atoms with Gasteiger partial charge in [-0.15, -0.1) is 0 Å². The molecular weight excluding hydrogens is 512 g/mol. The lowest BCUT2D eigenvalue weighted by Gasteiger charge is -2.06. The molecule has 0 N–H and O–H groups in total. The molecule has 0 atom stereocenters. The highest BCUT2D eigenvalue weighted by Gasteiger charge is 2.13. The smallest absolute Gasteiger partial charge is 0.332 e. The van der Waals surface area contributed by atoms with E-state index in [1.807, 2.05) is 0 Å². The number of halogens is 2. The summed E-state index contributed by atoms with van der Waals surface area (Å²) in [5.41, 5.74) is 0.807. The van der Waals surface area contributed by atoms with E-state index in [9.17, 15) is 19.2 Å². The van der Waals surface area contributed by atoms with E-state index in [1.165, 1.54) is 0 Å². The average Bonchev–Trinajstić information content (AvgIpc) is 2.71. The van der Waals surface area contributed by atoms with Crippen molar-refractivity contribution in [1.82, 2.24) is 0 Å². The van der Waals surface area contributed by atoms with Crippen LogP contribution in [-0.4, -0.2) is 49.9 Å². The van der Waals surface area contributed by atoms with E-state index in [1.54, 1.807) is 48.5 Å². The predicted octanol–water partition coefficient (Wildman–Crippen LogP) is 3.38. The molecule has 0 saturated heterocycles. The molecule has 29 heavy (non-hydrogen) atoms. The van der Waals surface area contributed by atoms with E-state index in [0.717, 1.165) is 8.95 Å². The van der Waals surface area contributed by atoms with Crippen molar-refractivity contribution in [3.05, 3.63) is 68.6 Å². The number of rotatable bonds is 10. The van der Waals surface area contributed by atoms with Crippen molar-refractivity contribution in [2.75, 3.05) is 26.4 Å². The van der Waals surface area contributed by atoms with E-state index in [-0.39, 0.29) is 11.6 Å².